The average molecular weight is 441 g/mol. The van der Waals surface area contributed by atoms with E-state index >= 15 is 0 Å². The zero-order valence-corrected chi connectivity index (χ0v) is 17.9. The lowest BCUT2D eigenvalue weighted by Crippen LogP contribution is -2.19. The molecule has 0 radical (unpaired) electrons. The fourth-order valence-electron chi connectivity index (χ4n) is 2.86. The number of halogens is 1. The predicted octanol–water partition coefficient (Wildman–Crippen LogP) is 6.43. The maximum atomic E-state index is 13.2. The number of nitrogens with zero attached hydrogens (tertiary/aromatic N) is 1. The first-order valence-electron chi connectivity index (χ1n) is 8.85. The first kappa shape index (κ1) is 19.8. The van der Waals surface area contributed by atoms with Crippen molar-refractivity contribution in [1.29, 1.82) is 0 Å². The molecule has 4 rings (SSSR count). The molecule has 0 aliphatic heterocycles. The van der Waals surface area contributed by atoms with E-state index in [1.807, 2.05) is 54.6 Å². The summed E-state index contributed by atoms with van der Waals surface area (Å²) >= 11 is 9.22. The van der Waals surface area contributed by atoms with Gasteiger partial charge in [-0.05, 0) is 35.9 Å². The number of aromatic nitrogens is 1. The van der Waals surface area contributed by atoms with Crippen LogP contribution in [0.4, 0.5) is 5.69 Å². The van der Waals surface area contributed by atoms with Gasteiger partial charge in [0.25, 0.3) is 0 Å². The Morgan fingerprint density at radius 3 is 2.59 bits per heavy atom. The van der Waals surface area contributed by atoms with Crippen LogP contribution in [0.5, 0.6) is 5.75 Å². The number of hydrogen-bond acceptors (Lipinski definition) is 5. The van der Waals surface area contributed by atoms with Crippen molar-refractivity contribution in [3.63, 3.8) is 0 Å². The van der Waals surface area contributed by atoms with Crippen LogP contribution in [-0.2, 0) is 4.79 Å². The highest BCUT2D eigenvalue weighted by atomic mass is 35.5. The Morgan fingerprint density at radius 1 is 1.10 bits per heavy atom. The van der Waals surface area contributed by atoms with Crippen LogP contribution < -0.4 is 10.1 Å². The number of rotatable bonds is 6. The molecule has 0 aliphatic rings. The second kappa shape index (κ2) is 8.86. The van der Waals surface area contributed by atoms with Crippen LogP contribution in [0.2, 0.25) is 5.02 Å². The average Bonchev–Trinajstić information content (AvgIpc) is 3.15. The predicted molar refractivity (Wildman–Crippen MR) is 121 cm³/mol. The molecule has 1 atom stereocenters. The summed E-state index contributed by atoms with van der Waals surface area (Å²) in [5.74, 6) is 0.426. The molecule has 4 aromatic rings. The van der Waals surface area contributed by atoms with Gasteiger partial charge in [-0.25, -0.2) is 4.98 Å². The number of hydrogen-bond donors (Lipinski definition) is 1. The monoisotopic (exact) mass is 440 g/mol. The highest BCUT2D eigenvalue weighted by molar-refractivity contribution is 8.02. The van der Waals surface area contributed by atoms with Crippen molar-refractivity contribution >= 4 is 56.5 Å². The number of ether oxygens (including phenoxy) is 1. The maximum Gasteiger partial charge on any atom is 0.242 e. The molecular formula is C22H17ClN2O2S2. The fourth-order valence-corrected chi connectivity index (χ4v) is 5.37. The normalized spacial score (nSPS) is 11.9. The second-order valence-corrected chi connectivity index (χ2v) is 8.98. The molecule has 0 aliphatic carbocycles. The van der Waals surface area contributed by atoms with Crippen LogP contribution in [0.1, 0.15) is 10.8 Å². The molecule has 0 saturated heterocycles. The molecular weight excluding hydrogens is 424 g/mol. The van der Waals surface area contributed by atoms with Crippen LogP contribution in [0, 0.1) is 0 Å². The first-order valence-corrected chi connectivity index (χ1v) is 10.9. The van der Waals surface area contributed by atoms with Gasteiger partial charge in [-0.3, -0.25) is 4.79 Å². The maximum absolute atomic E-state index is 13.2. The Bertz CT molecular complexity index is 1110. The molecule has 0 bridgehead atoms. The zero-order chi connectivity index (χ0) is 20.2. The summed E-state index contributed by atoms with van der Waals surface area (Å²) in [6, 6.07) is 22.8. The number of nitrogens with one attached hydrogen (secondary N) is 1. The van der Waals surface area contributed by atoms with Gasteiger partial charge >= 0.3 is 0 Å². The molecule has 146 valence electrons. The first-order chi connectivity index (χ1) is 14.1. The topological polar surface area (TPSA) is 51.2 Å². The summed E-state index contributed by atoms with van der Waals surface area (Å²) in [6.07, 6.45) is 0. The van der Waals surface area contributed by atoms with Gasteiger partial charge in [-0.2, -0.15) is 0 Å². The van der Waals surface area contributed by atoms with E-state index in [9.17, 15) is 4.79 Å². The molecule has 0 unspecified atom stereocenters. The van der Waals surface area contributed by atoms with Gasteiger partial charge in [-0.15, -0.1) is 11.3 Å². The number of thioether (sulfide) groups is 1. The third-order valence-corrected chi connectivity index (χ3v) is 6.93. The van der Waals surface area contributed by atoms with E-state index in [0.29, 0.717) is 16.5 Å². The molecule has 3 aromatic carbocycles. The van der Waals surface area contributed by atoms with Crippen LogP contribution in [0.3, 0.4) is 0 Å². The summed E-state index contributed by atoms with van der Waals surface area (Å²) in [5, 5.41) is 2.96. The third kappa shape index (κ3) is 4.56. The van der Waals surface area contributed by atoms with E-state index in [-0.39, 0.29) is 5.91 Å². The van der Waals surface area contributed by atoms with E-state index in [4.69, 9.17) is 16.3 Å². The van der Waals surface area contributed by atoms with Crippen LogP contribution in [0.25, 0.3) is 10.2 Å². The highest BCUT2D eigenvalue weighted by Gasteiger charge is 2.24. The number of fused-ring (bicyclic) bond motifs is 1. The zero-order valence-electron chi connectivity index (χ0n) is 15.5. The molecule has 0 spiro atoms. The van der Waals surface area contributed by atoms with Crippen LogP contribution in [0.15, 0.2) is 77.1 Å². The van der Waals surface area contributed by atoms with Crippen molar-refractivity contribution in [2.75, 3.05) is 12.4 Å². The summed E-state index contributed by atoms with van der Waals surface area (Å²) in [4.78, 5) is 17.8. The van der Waals surface area contributed by atoms with Crippen molar-refractivity contribution < 1.29 is 9.53 Å². The smallest absolute Gasteiger partial charge is 0.242 e. The van der Waals surface area contributed by atoms with E-state index in [1.54, 1.807) is 36.6 Å². The minimum absolute atomic E-state index is 0.137. The molecule has 1 N–H and O–H groups in total. The molecule has 1 amide bonds. The Labute approximate surface area is 181 Å². The van der Waals surface area contributed by atoms with Gasteiger partial charge in [0.1, 0.15) is 11.0 Å². The quantitative estimate of drug-likeness (QED) is 0.351. The van der Waals surface area contributed by atoms with Gasteiger partial charge in [0.15, 0.2) is 4.34 Å². The Kier molecular flexibility index (Phi) is 6.04. The number of carbonyl (C=O) groups excluding carboxylic acids is 1. The standard InChI is InChI=1S/C22H17ClN2O2S2/c1-27-18-12-11-15(13-16(18)23)24-21(26)20(14-7-3-2-4-8-14)29-22-25-17-9-5-6-10-19(17)28-22/h2-13,20H,1H3,(H,24,26)/t20-/m1/s1. The summed E-state index contributed by atoms with van der Waals surface area (Å²) in [6.45, 7) is 0. The minimum Gasteiger partial charge on any atom is -0.495 e. The van der Waals surface area contributed by atoms with E-state index in [2.05, 4.69) is 10.3 Å². The van der Waals surface area contributed by atoms with Gasteiger partial charge in [-0.1, -0.05) is 65.8 Å². The van der Waals surface area contributed by atoms with E-state index in [0.717, 1.165) is 20.1 Å². The van der Waals surface area contributed by atoms with Crippen molar-refractivity contribution in [1.82, 2.24) is 4.98 Å². The largest absolute Gasteiger partial charge is 0.495 e. The highest BCUT2D eigenvalue weighted by Crippen LogP contribution is 2.40. The third-order valence-electron chi connectivity index (χ3n) is 4.25. The van der Waals surface area contributed by atoms with Gasteiger partial charge in [0.2, 0.25) is 5.91 Å². The van der Waals surface area contributed by atoms with Crippen LogP contribution >= 0.6 is 34.7 Å². The second-order valence-electron chi connectivity index (χ2n) is 6.19. The minimum atomic E-state index is -0.447. The van der Waals surface area contributed by atoms with Gasteiger partial charge in [0.05, 0.1) is 22.3 Å². The van der Waals surface area contributed by atoms with Crippen LogP contribution in [-0.4, -0.2) is 18.0 Å². The Morgan fingerprint density at radius 2 is 1.86 bits per heavy atom. The molecule has 1 aromatic heterocycles. The number of benzene rings is 3. The van der Waals surface area contributed by atoms with Gasteiger partial charge < -0.3 is 10.1 Å². The molecule has 7 heteroatoms. The lowest BCUT2D eigenvalue weighted by molar-refractivity contribution is -0.115. The lowest BCUT2D eigenvalue weighted by Gasteiger charge is -2.16. The van der Waals surface area contributed by atoms with Crippen molar-refractivity contribution in [3.05, 3.63) is 83.4 Å². The number of amides is 1. The number of para-hydroxylation sites is 1. The lowest BCUT2D eigenvalue weighted by atomic mass is 10.1. The van der Waals surface area contributed by atoms with Gasteiger partial charge in [0, 0.05) is 5.69 Å². The van der Waals surface area contributed by atoms with E-state index < -0.39 is 5.25 Å². The number of carbonyl (C=O) groups is 1. The summed E-state index contributed by atoms with van der Waals surface area (Å²) in [5.41, 5.74) is 2.47. The number of thiazole rings is 1. The van der Waals surface area contributed by atoms with Crippen molar-refractivity contribution in [2.24, 2.45) is 0 Å². The molecule has 4 nitrogen and oxygen atoms in total. The van der Waals surface area contributed by atoms with Crippen molar-refractivity contribution in [2.45, 2.75) is 9.59 Å². The summed E-state index contributed by atoms with van der Waals surface area (Å²) < 4.78 is 7.12. The Balaban J connectivity index is 1.61. The molecule has 0 fully saturated rings. The molecule has 0 saturated carbocycles. The van der Waals surface area contributed by atoms with Crippen molar-refractivity contribution in [3.8, 4) is 5.75 Å². The number of methoxy groups -OCH3 is 1. The number of anilines is 1. The Hall–Kier alpha value is -2.54. The molecule has 29 heavy (non-hydrogen) atoms. The van der Waals surface area contributed by atoms with E-state index in [1.165, 1.54) is 11.8 Å². The fraction of sp³-hybridized carbons (Fsp3) is 0.0909. The SMILES string of the molecule is COc1ccc(NC(=O)[C@H](Sc2nc3ccccc3s2)c2ccccc2)cc1Cl. The molecule has 1 heterocycles. The summed E-state index contributed by atoms with van der Waals surface area (Å²) in [7, 11) is 1.56.